The number of ether oxygens (including phenoxy) is 2. The number of nitrogens with one attached hydrogen (secondary N) is 1. The van der Waals surface area contributed by atoms with Crippen LogP contribution < -0.4 is 14.8 Å². The molecular weight excluding hydrogens is 308 g/mol. The summed E-state index contributed by atoms with van der Waals surface area (Å²) in [5.41, 5.74) is 0.757. The summed E-state index contributed by atoms with van der Waals surface area (Å²) in [6.45, 7) is 3.31. The Morgan fingerprint density at radius 2 is 2.25 bits per heavy atom. The van der Waals surface area contributed by atoms with Crippen molar-refractivity contribution in [3.05, 3.63) is 23.8 Å². The molecule has 2 N–H and O–H groups in total. The molecule has 0 aliphatic carbocycles. The zero-order chi connectivity index (χ0) is 16.6. The van der Waals surface area contributed by atoms with Crippen LogP contribution in [-0.4, -0.2) is 55.0 Å². The number of aliphatic hydroxyl groups excluding tert-OH is 1. The number of aliphatic hydroxyl groups is 1. The molecule has 1 aromatic rings. The molecule has 6 nitrogen and oxygen atoms in total. The first-order valence-corrected chi connectivity index (χ1v) is 8.71. The molecule has 2 fully saturated rings. The largest absolute Gasteiger partial charge is 0.454 e. The Balaban J connectivity index is 1.44. The van der Waals surface area contributed by atoms with Gasteiger partial charge in [0.2, 0.25) is 12.7 Å². The van der Waals surface area contributed by atoms with Gasteiger partial charge in [-0.1, -0.05) is 6.07 Å². The summed E-state index contributed by atoms with van der Waals surface area (Å²) in [6.07, 6.45) is 2.74. The second-order valence-electron chi connectivity index (χ2n) is 7.13. The summed E-state index contributed by atoms with van der Waals surface area (Å²) in [4.78, 5) is 14.7. The molecule has 24 heavy (non-hydrogen) atoms. The van der Waals surface area contributed by atoms with Crippen molar-refractivity contribution in [3.8, 4) is 11.5 Å². The van der Waals surface area contributed by atoms with Gasteiger partial charge in [-0.25, -0.2) is 0 Å². The minimum absolute atomic E-state index is 0.116. The molecule has 3 aliphatic heterocycles. The van der Waals surface area contributed by atoms with Crippen molar-refractivity contribution in [3.63, 3.8) is 0 Å². The Morgan fingerprint density at radius 3 is 3.12 bits per heavy atom. The van der Waals surface area contributed by atoms with E-state index in [0.29, 0.717) is 18.7 Å². The molecule has 3 aliphatic rings. The molecule has 1 aromatic carbocycles. The quantitative estimate of drug-likeness (QED) is 0.843. The van der Waals surface area contributed by atoms with E-state index < -0.39 is 0 Å². The topological polar surface area (TPSA) is 71.0 Å². The molecule has 0 unspecified atom stereocenters. The fraction of sp³-hybridized carbons (Fsp3) is 0.611. The number of hydrogen-bond donors (Lipinski definition) is 2. The third-order valence-electron chi connectivity index (χ3n) is 5.53. The van der Waals surface area contributed by atoms with Crippen LogP contribution in [0, 0.1) is 5.41 Å². The van der Waals surface area contributed by atoms with Crippen LogP contribution in [0.3, 0.4) is 0 Å². The van der Waals surface area contributed by atoms with Gasteiger partial charge in [-0.15, -0.1) is 0 Å². The molecule has 0 radical (unpaired) electrons. The Bertz CT molecular complexity index is 631. The van der Waals surface area contributed by atoms with Crippen LogP contribution in [0.5, 0.6) is 11.5 Å². The average molecular weight is 332 g/mol. The number of amides is 1. The van der Waals surface area contributed by atoms with E-state index in [9.17, 15) is 9.90 Å². The number of likely N-dealkylation sites (tertiary alicyclic amines) is 1. The maximum absolute atomic E-state index is 12.8. The van der Waals surface area contributed by atoms with Gasteiger partial charge in [0.1, 0.15) is 0 Å². The Hall–Kier alpha value is -1.79. The first-order valence-electron chi connectivity index (χ1n) is 8.71. The first kappa shape index (κ1) is 15.7. The fourth-order valence-electron chi connectivity index (χ4n) is 4.13. The minimum Gasteiger partial charge on any atom is -0.454 e. The fourth-order valence-corrected chi connectivity index (χ4v) is 4.13. The molecule has 1 spiro atoms. The summed E-state index contributed by atoms with van der Waals surface area (Å²) in [5.74, 6) is 1.56. The molecule has 2 saturated heterocycles. The second kappa shape index (κ2) is 6.26. The van der Waals surface area contributed by atoms with Crippen molar-refractivity contribution >= 4 is 5.91 Å². The number of hydrogen-bond acceptors (Lipinski definition) is 5. The highest BCUT2D eigenvalue weighted by atomic mass is 16.7. The molecule has 6 heteroatoms. The van der Waals surface area contributed by atoms with Gasteiger partial charge in [0.05, 0.1) is 12.5 Å². The minimum atomic E-state index is -0.320. The molecule has 1 amide bonds. The first-order chi connectivity index (χ1) is 11.7. The van der Waals surface area contributed by atoms with Crippen LogP contribution in [0.1, 0.15) is 24.8 Å². The molecule has 3 heterocycles. The normalized spacial score (nSPS) is 29.0. The van der Waals surface area contributed by atoms with E-state index in [2.05, 4.69) is 5.32 Å². The lowest BCUT2D eigenvalue weighted by Gasteiger charge is -2.48. The number of piperidine rings is 2. The van der Waals surface area contributed by atoms with E-state index in [1.165, 1.54) is 0 Å². The van der Waals surface area contributed by atoms with Gasteiger partial charge in [-0.05, 0) is 43.5 Å². The lowest BCUT2D eigenvalue weighted by molar-refractivity contribution is -0.137. The van der Waals surface area contributed by atoms with Crippen molar-refractivity contribution in [2.45, 2.75) is 31.8 Å². The number of carbonyl (C=O) groups excluding carboxylic acids is 1. The highest BCUT2D eigenvalue weighted by Crippen LogP contribution is 2.37. The molecule has 0 bridgehead atoms. The van der Waals surface area contributed by atoms with E-state index >= 15 is 0 Å². The van der Waals surface area contributed by atoms with Gasteiger partial charge in [0.25, 0.3) is 0 Å². The molecule has 0 saturated carbocycles. The van der Waals surface area contributed by atoms with E-state index in [0.717, 1.165) is 50.2 Å². The van der Waals surface area contributed by atoms with Crippen LogP contribution in [-0.2, 0) is 11.2 Å². The predicted octanol–water partition coefficient (Wildman–Crippen LogP) is 0.921. The van der Waals surface area contributed by atoms with Crippen molar-refractivity contribution in [2.75, 3.05) is 33.0 Å². The number of fused-ring (bicyclic) bond motifs is 1. The summed E-state index contributed by atoms with van der Waals surface area (Å²) < 4.78 is 10.7. The van der Waals surface area contributed by atoms with E-state index in [4.69, 9.17) is 9.47 Å². The highest BCUT2D eigenvalue weighted by molar-refractivity contribution is 5.79. The zero-order valence-electron chi connectivity index (χ0n) is 13.8. The van der Waals surface area contributed by atoms with Gasteiger partial charge < -0.3 is 24.8 Å². The van der Waals surface area contributed by atoms with E-state index in [-0.39, 0.29) is 24.2 Å². The maximum Gasteiger partial charge on any atom is 0.231 e. The number of nitrogens with zero attached hydrogens (tertiary/aromatic N) is 1. The van der Waals surface area contributed by atoms with E-state index in [1.54, 1.807) is 0 Å². The van der Waals surface area contributed by atoms with Crippen molar-refractivity contribution in [1.82, 2.24) is 10.2 Å². The average Bonchev–Trinajstić information content (AvgIpc) is 3.06. The Kier molecular flexibility index (Phi) is 4.10. The number of carbonyl (C=O) groups is 1. The van der Waals surface area contributed by atoms with Crippen molar-refractivity contribution in [1.29, 1.82) is 0 Å². The SMILES string of the molecule is O=C(Cc1ccc2c(c1)OCO2)N1CCC[C@]2(CNCC[C@@H]2O)C1. The molecule has 130 valence electrons. The summed E-state index contributed by atoms with van der Waals surface area (Å²) in [7, 11) is 0. The second-order valence-corrected chi connectivity index (χ2v) is 7.13. The Morgan fingerprint density at radius 1 is 1.38 bits per heavy atom. The van der Waals surface area contributed by atoms with Gasteiger partial charge in [0.15, 0.2) is 11.5 Å². The van der Waals surface area contributed by atoms with E-state index in [1.807, 2.05) is 23.1 Å². The van der Waals surface area contributed by atoms with Gasteiger partial charge in [0, 0.05) is 25.0 Å². The van der Waals surface area contributed by atoms with Crippen LogP contribution in [0.15, 0.2) is 18.2 Å². The van der Waals surface area contributed by atoms with Crippen LogP contribution in [0.2, 0.25) is 0 Å². The zero-order valence-corrected chi connectivity index (χ0v) is 13.8. The molecule has 0 aromatic heterocycles. The standard InChI is InChI=1S/C18H24N2O4/c21-16-4-6-19-10-18(16)5-1-7-20(11-18)17(22)9-13-2-3-14-15(8-13)24-12-23-14/h2-3,8,16,19,21H,1,4-7,9-12H2/t16-,18-/m0/s1. The Labute approximate surface area is 141 Å². The summed E-state index contributed by atoms with van der Waals surface area (Å²) in [6, 6.07) is 5.66. The third-order valence-corrected chi connectivity index (χ3v) is 5.53. The number of rotatable bonds is 2. The summed E-state index contributed by atoms with van der Waals surface area (Å²) >= 11 is 0. The number of benzene rings is 1. The predicted molar refractivity (Wildman–Crippen MR) is 88.0 cm³/mol. The monoisotopic (exact) mass is 332 g/mol. The smallest absolute Gasteiger partial charge is 0.231 e. The summed E-state index contributed by atoms with van der Waals surface area (Å²) in [5, 5.41) is 13.9. The lowest BCUT2D eigenvalue weighted by Crippen LogP contribution is -2.59. The van der Waals surface area contributed by atoms with Gasteiger partial charge >= 0.3 is 0 Å². The molecule has 2 atom stereocenters. The lowest BCUT2D eigenvalue weighted by atomic mass is 9.72. The van der Waals surface area contributed by atoms with Crippen molar-refractivity contribution < 1.29 is 19.4 Å². The molecule has 4 rings (SSSR count). The van der Waals surface area contributed by atoms with Gasteiger partial charge in [-0.3, -0.25) is 4.79 Å². The van der Waals surface area contributed by atoms with Gasteiger partial charge in [-0.2, -0.15) is 0 Å². The van der Waals surface area contributed by atoms with Crippen LogP contribution in [0.25, 0.3) is 0 Å². The van der Waals surface area contributed by atoms with Crippen LogP contribution >= 0.6 is 0 Å². The maximum atomic E-state index is 12.8. The highest BCUT2D eigenvalue weighted by Gasteiger charge is 2.44. The molecular formula is C18H24N2O4. The van der Waals surface area contributed by atoms with Crippen LogP contribution in [0.4, 0.5) is 0 Å². The van der Waals surface area contributed by atoms with Crippen molar-refractivity contribution in [2.24, 2.45) is 5.41 Å². The third kappa shape index (κ3) is 2.84.